The molecule has 6 nitrogen and oxygen atoms in total. The molecular weight excluding hydrogens is 314 g/mol. The van der Waals surface area contributed by atoms with Crippen molar-refractivity contribution in [1.82, 2.24) is 15.0 Å². The molecule has 1 aliphatic rings. The number of halogens is 1. The van der Waals surface area contributed by atoms with Crippen molar-refractivity contribution in [1.29, 1.82) is 5.26 Å². The number of anilines is 1. The highest BCUT2D eigenvalue weighted by Crippen LogP contribution is 2.35. The van der Waals surface area contributed by atoms with E-state index in [1.165, 1.54) is 0 Å². The first-order valence-corrected chi connectivity index (χ1v) is 7.90. The summed E-state index contributed by atoms with van der Waals surface area (Å²) in [5.41, 5.74) is 0.910. The highest BCUT2D eigenvalue weighted by molar-refractivity contribution is 6.32. The van der Waals surface area contributed by atoms with Gasteiger partial charge in [-0.2, -0.15) is 5.26 Å². The van der Waals surface area contributed by atoms with E-state index in [0.29, 0.717) is 35.8 Å². The van der Waals surface area contributed by atoms with Gasteiger partial charge < -0.3 is 10.0 Å². The Kier molecular flexibility index (Phi) is 4.00. The van der Waals surface area contributed by atoms with Gasteiger partial charge in [0.2, 0.25) is 0 Å². The molecule has 7 heteroatoms. The zero-order chi connectivity index (χ0) is 16.6. The molecule has 0 unspecified atom stereocenters. The summed E-state index contributed by atoms with van der Waals surface area (Å²) in [6.45, 7) is 5.14. The van der Waals surface area contributed by atoms with E-state index in [4.69, 9.17) is 16.9 Å². The fraction of sp³-hybridized carbons (Fsp3) is 0.438. The van der Waals surface area contributed by atoms with Gasteiger partial charge in [-0.3, -0.25) is 0 Å². The van der Waals surface area contributed by atoms with Crippen molar-refractivity contribution in [2.24, 2.45) is 0 Å². The quantitative estimate of drug-likeness (QED) is 0.934. The fourth-order valence-electron chi connectivity index (χ4n) is 2.76. The predicted molar refractivity (Wildman–Crippen MR) is 87.3 cm³/mol. The number of nitrogens with zero attached hydrogens (tertiary/aromatic N) is 5. The summed E-state index contributed by atoms with van der Waals surface area (Å²) in [5.74, 6) is 0. The van der Waals surface area contributed by atoms with Gasteiger partial charge in [0, 0.05) is 24.7 Å². The number of β-amino-alcohol motifs (C(OH)–C–C–N with tert-alkyl or cyclic N) is 1. The minimum Gasteiger partial charge on any atom is -0.381 e. The summed E-state index contributed by atoms with van der Waals surface area (Å²) in [6.07, 6.45) is 2.38. The number of aliphatic hydroxyl groups is 1. The van der Waals surface area contributed by atoms with Gasteiger partial charge in [0.15, 0.2) is 0 Å². The van der Waals surface area contributed by atoms with Crippen LogP contribution in [0.4, 0.5) is 5.69 Å². The summed E-state index contributed by atoms with van der Waals surface area (Å²) in [6, 6.07) is 7.56. The minimum atomic E-state index is -1.02. The third-order valence-electron chi connectivity index (χ3n) is 4.20. The van der Waals surface area contributed by atoms with E-state index in [2.05, 4.69) is 10.3 Å². The van der Waals surface area contributed by atoms with Crippen molar-refractivity contribution >= 4 is 17.3 Å². The van der Waals surface area contributed by atoms with Crippen LogP contribution < -0.4 is 4.90 Å². The van der Waals surface area contributed by atoms with Crippen LogP contribution in [0.1, 0.15) is 37.6 Å². The molecule has 1 N–H and O–H groups in total. The smallest absolute Gasteiger partial charge is 0.129 e. The Hall–Kier alpha value is -2.10. The van der Waals surface area contributed by atoms with Crippen LogP contribution >= 0.6 is 11.6 Å². The third-order valence-corrected chi connectivity index (χ3v) is 4.51. The van der Waals surface area contributed by atoms with Crippen LogP contribution in [-0.4, -0.2) is 33.2 Å². The van der Waals surface area contributed by atoms with Gasteiger partial charge in [0.05, 0.1) is 23.3 Å². The first kappa shape index (κ1) is 15.8. The van der Waals surface area contributed by atoms with Gasteiger partial charge >= 0.3 is 0 Å². The molecule has 23 heavy (non-hydrogen) atoms. The van der Waals surface area contributed by atoms with Crippen LogP contribution in [0.3, 0.4) is 0 Å². The maximum absolute atomic E-state index is 10.9. The first-order chi connectivity index (χ1) is 10.9. The number of aromatic nitrogens is 3. The Morgan fingerprint density at radius 1 is 1.43 bits per heavy atom. The fourth-order valence-corrected chi connectivity index (χ4v) is 2.97. The average Bonchev–Trinajstić information content (AvgIpc) is 3.15. The van der Waals surface area contributed by atoms with Gasteiger partial charge in [-0.05, 0) is 32.0 Å². The van der Waals surface area contributed by atoms with Crippen molar-refractivity contribution < 1.29 is 5.11 Å². The van der Waals surface area contributed by atoms with Crippen LogP contribution in [0.2, 0.25) is 5.02 Å². The summed E-state index contributed by atoms with van der Waals surface area (Å²) in [5, 5.41) is 28.5. The zero-order valence-electron chi connectivity index (χ0n) is 13.1. The van der Waals surface area contributed by atoms with Gasteiger partial charge in [-0.25, -0.2) is 4.68 Å². The van der Waals surface area contributed by atoms with Crippen molar-refractivity contribution in [2.45, 2.75) is 31.9 Å². The molecule has 0 spiro atoms. The Bertz CT molecular complexity index is 766. The third kappa shape index (κ3) is 2.90. The van der Waals surface area contributed by atoms with Gasteiger partial charge in [-0.15, -0.1) is 5.10 Å². The molecule has 0 amide bonds. The largest absolute Gasteiger partial charge is 0.381 e. The van der Waals surface area contributed by atoms with E-state index >= 15 is 0 Å². The summed E-state index contributed by atoms with van der Waals surface area (Å²) < 4.78 is 1.74. The second kappa shape index (κ2) is 5.84. The SMILES string of the molecule is CC(C)n1cc([C@]2(O)CCN(c3ccc(C#N)c(Cl)c3)C2)nn1. The second-order valence-corrected chi connectivity index (χ2v) is 6.56. The Morgan fingerprint density at radius 3 is 2.83 bits per heavy atom. The van der Waals surface area contributed by atoms with E-state index in [1.807, 2.05) is 30.9 Å². The summed E-state index contributed by atoms with van der Waals surface area (Å²) >= 11 is 6.10. The Morgan fingerprint density at radius 2 is 2.22 bits per heavy atom. The highest BCUT2D eigenvalue weighted by Gasteiger charge is 2.40. The van der Waals surface area contributed by atoms with Gasteiger partial charge in [0.1, 0.15) is 17.4 Å². The van der Waals surface area contributed by atoms with Crippen LogP contribution in [0.15, 0.2) is 24.4 Å². The summed E-state index contributed by atoms with van der Waals surface area (Å²) in [7, 11) is 0. The Labute approximate surface area is 139 Å². The normalized spacial score (nSPS) is 21.0. The van der Waals surface area contributed by atoms with Crippen molar-refractivity contribution in [3.05, 3.63) is 40.7 Å². The monoisotopic (exact) mass is 331 g/mol. The summed E-state index contributed by atoms with van der Waals surface area (Å²) in [4.78, 5) is 2.04. The molecule has 0 aliphatic carbocycles. The molecule has 1 aromatic heterocycles. The van der Waals surface area contributed by atoms with Gasteiger partial charge in [0.25, 0.3) is 0 Å². The lowest BCUT2D eigenvalue weighted by atomic mass is 10.00. The van der Waals surface area contributed by atoms with Crippen molar-refractivity contribution in [2.75, 3.05) is 18.0 Å². The van der Waals surface area contributed by atoms with Crippen LogP contribution in [-0.2, 0) is 5.60 Å². The molecule has 0 radical (unpaired) electrons. The number of benzene rings is 1. The molecule has 120 valence electrons. The molecule has 3 rings (SSSR count). The van der Waals surface area contributed by atoms with E-state index in [-0.39, 0.29) is 6.04 Å². The molecular formula is C16H18ClN5O. The van der Waals surface area contributed by atoms with E-state index in [1.54, 1.807) is 23.0 Å². The number of rotatable bonds is 3. The highest BCUT2D eigenvalue weighted by atomic mass is 35.5. The maximum atomic E-state index is 10.9. The average molecular weight is 332 g/mol. The molecule has 0 saturated carbocycles. The predicted octanol–water partition coefficient (Wildman–Crippen LogP) is 2.48. The van der Waals surface area contributed by atoms with Crippen molar-refractivity contribution in [3.63, 3.8) is 0 Å². The Balaban J connectivity index is 1.82. The van der Waals surface area contributed by atoms with E-state index in [0.717, 1.165) is 5.69 Å². The molecule has 1 saturated heterocycles. The van der Waals surface area contributed by atoms with E-state index in [9.17, 15) is 5.11 Å². The topological polar surface area (TPSA) is 78.0 Å². The molecule has 2 aromatic rings. The molecule has 1 aliphatic heterocycles. The molecule has 1 atom stereocenters. The number of hydrogen-bond acceptors (Lipinski definition) is 5. The molecule has 0 bridgehead atoms. The first-order valence-electron chi connectivity index (χ1n) is 7.52. The van der Waals surface area contributed by atoms with Gasteiger partial charge in [-0.1, -0.05) is 16.8 Å². The zero-order valence-corrected chi connectivity index (χ0v) is 13.8. The minimum absolute atomic E-state index is 0.203. The number of hydrogen-bond donors (Lipinski definition) is 1. The van der Waals surface area contributed by atoms with Crippen molar-refractivity contribution in [3.8, 4) is 6.07 Å². The van der Waals surface area contributed by atoms with E-state index < -0.39 is 5.60 Å². The second-order valence-electron chi connectivity index (χ2n) is 6.16. The van der Waals surface area contributed by atoms with Crippen LogP contribution in [0.25, 0.3) is 0 Å². The number of nitriles is 1. The van der Waals surface area contributed by atoms with Crippen LogP contribution in [0, 0.1) is 11.3 Å². The lowest BCUT2D eigenvalue weighted by Gasteiger charge is -2.22. The molecule has 1 aromatic carbocycles. The maximum Gasteiger partial charge on any atom is 0.129 e. The van der Waals surface area contributed by atoms with Crippen LogP contribution in [0.5, 0.6) is 0 Å². The lowest BCUT2D eigenvalue weighted by Crippen LogP contribution is -2.31. The standard InChI is InChI=1S/C16H18ClN5O/c1-11(2)22-9-15(19-20-22)16(23)5-6-21(10-16)13-4-3-12(8-18)14(17)7-13/h3-4,7,9,11,23H,5-6,10H2,1-2H3/t16-/m0/s1. The molecule has 1 fully saturated rings. The molecule has 2 heterocycles. The lowest BCUT2D eigenvalue weighted by molar-refractivity contribution is 0.0559.